The number of aromatic nitrogens is 3. The van der Waals surface area contributed by atoms with Gasteiger partial charge in [0.2, 0.25) is 0 Å². The molecule has 0 atom stereocenters. The first kappa shape index (κ1) is 16.4. The van der Waals surface area contributed by atoms with Gasteiger partial charge in [0.05, 0.1) is 21.7 Å². The predicted octanol–water partition coefficient (Wildman–Crippen LogP) is 2.28. The van der Waals surface area contributed by atoms with Crippen LogP contribution in [0.15, 0.2) is 34.6 Å². The van der Waals surface area contributed by atoms with Gasteiger partial charge in [0, 0.05) is 38.4 Å². The van der Waals surface area contributed by atoms with Crippen molar-refractivity contribution in [2.45, 2.75) is 19.8 Å². The average Bonchev–Trinajstić information content (AvgIpc) is 3.19. The van der Waals surface area contributed by atoms with Crippen LogP contribution in [0.3, 0.4) is 0 Å². The van der Waals surface area contributed by atoms with E-state index >= 15 is 0 Å². The van der Waals surface area contributed by atoms with Gasteiger partial charge < -0.3 is 15.6 Å². The SMILES string of the molecule is CN=C(NCCc1csc(C)n1)NCCc1nc2ccccc2[nH]1. The topological polar surface area (TPSA) is 78.0 Å². The lowest BCUT2D eigenvalue weighted by Crippen LogP contribution is -2.39. The fraction of sp³-hybridized carbons (Fsp3) is 0.353. The van der Waals surface area contributed by atoms with Crippen molar-refractivity contribution >= 4 is 28.3 Å². The molecule has 3 aromatic rings. The highest BCUT2D eigenvalue weighted by Crippen LogP contribution is 2.10. The number of benzene rings is 1. The Hall–Kier alpha value is -2.41. The smallest absolute Gasteiger partial charge is 0.191 e. The Morgan fingerprint density at radius 2 is 1.96 bits per heavy atom. The van der Waals surface area contributed by atoms with Crippen molar-refractivity contribution in [1.29, 1.82) is 0 Å². The molecule has 0 aliphatic rings. The highest BCUT2D eigenvalue weighted by atomic mass is 32.1. The molecule has 0 saturated carbocycles. The zero-order valence-corrected chi connectivity index (χ0v) is 14.8. The zero-order valence-electron chi connectivity index (χ0n) is 14.0. The van der Waals surface area contributed by atoms with Crippen LogP contribution in [0, 0.1) is 6.92 Å². The van der Waals surface area contributed by atoms with Gasteiger partial charge in [-0.25, -0.2) is 9.97 Å². The minimum absolute atomic E-state index is 0.773. The first-order valence-electron chi connectivity index (χ1n) is 8.04. The van der Waals surface area contributed by atoms with Crippen molar-refractivity contribution in [3.8, 4) is 0 Å². The van der Waals surface area contributed by atoms with E-state index in [9.17, 15) is 0 Å². The predicted molar refractivity (Wildman–Crippen MR) is 99.7 cm³/mol. The van der Waals surface area contributed by atoms with Gasteiger partial charge in [-0.15, -0.1) is 11.3 Å². The summed E-state index contributed by atoms with van der Waals surface area (Å²) in [6, 6.07) is 8.07. The highest BCUT2D eigenvalue weighted by molar-refractivity contribution is 7.09. The van der Waals surface area contributed by atoms with E-state index in [4.69, 9.17) is 0 Å². The van der Waals surface area contributed by atoms with Gasteiger partial charge in [0.15, 0.2) is 5.96 Å². The molecule has 0 amide bonds. The fourth-order valence-corrected chi connectivity index (χ4v) is 3.12. The molecule has 2 heterocycles. The largest absolute Gasteiger partial charge is 0.356 e. The maximum absolute atomic E-state index is 4.58. The highest BCUT2D eigenvalue weighted by Gasteiger charge is 2.03. The maximum Gasteiger partial charge on any atom is 0.191 e. The summed E-state index contributed by atoms with van der Waals surface area (Å²) in [5, 5.41) is 9.84. The number of hydrogen-bond acceptors (Lipinski definition) is 4. The van der Waals surface area contributed by atoms with Crippen LogP contribution in [0.5, 0.6) is 0 Å². The lowest BCUT2D eigenvalue weighted by Gasteiger charge is -2.10. The molecule has 24 heavy (non-hydrogen) atoms. The molecule has 0 aliphatic heterocycles. The second-order valence-electron chi connectivity index (χ2n) is 5.48. The Morgan fingerprint density at radius 3 is 2.67 bits per heavy atom. The molecule has 0 saturated heterocycles. The number of thiazole rings is 1. The second-order valence-corrected chi connectivity index (χ2v) is 6.55. The molecule has 1 aromatic carbocycles. The van der Waals surface area contributed by atoms with Crippen LogP contribution in [0.2, 0.25) is 0 Å². The summed E-state index contributed by atoms with van der Waals surface area (Å²) in [6.45, 7) is 3.61. The standard InChI is InChI=1S/C17H22N6S/c1-12-21-13(11-24-12)7-9-19-17(18-2)20-10-8-16-22-14-5-3-4-6-15(14)23-16/h3-6,11H,7-10H2,1-2H3,(H,22,23)(H2,18,19,20). The summed E-state index contributed by atoms with van der Waals surface area (Å²) in [4.78, 5) is 16.6. The quantitative estimate of drug-likeness (QED) is 0.474. The molecule has 0 radical (unpaired) electrons. The summed E-state index contributed by atoms with van der Waals surface area (Å²) in [5.41, 5.74) is 3.21. The summed E-state index contributed by atoms with van der Waals surface area (Å²) in [7, 11) is 1.78. The third-order valence-corrected chi connectivity index (χ3v) is 4.48. The molecule has 0 unspecified atom stereocenters. The number of para-hydroxylation sites is 2. The minimum Gasteiger partial charge on any atom is -0.356 e. The Morgan fingerprint density at radius 1 is 1.17 bits per heavy atom. The number of guanidine groups is 1. The number of aliphatic imine (C=N–C) groups is 1. The van der Waals surface area contributed by atoms with E-state index in [2.05, 4.69) is 36.0 Å². The molecule has 126 valence electrons. The second kappa shape index (κ2) is 7.92. The molecule has 3 N–H and O–H groups in total. The van der Waals surface area contributed by atoms with E-state index in [1.165, 1.54) is 0 Å². The van der Waals surface area contributed by atoms with Crippen molar-refractivity contribution in [1.82, 2.24) is 25.6 Å². The average molecular weight is 342 g/mol. The number of aryl methyl sites for hydroxylation is 1. The minimum atomic E-state index is 0.773. The fourth-order valence-electron chi connectivity index (χ4n) is 2.48. The monoisotopic (exact) mass is 342 g/mol. The number of aromatic amines is 1. The molecular weight excluding hydrogens is 320 g/mol. The number of imidazole rings is 1. The van der Waals surface area contributed by atoms with E-state index in [0.29, 0.717) is 0 Å². The van der Waals surface area contributed by atoms with E-state index in [1.54, 1.807) is 18.4 Å². The first-order chi connectivity index (χ1) is 11.7. The zero-order chi connectivity index (χ0) is 16.8. The van der Waals surface area contributed by atoms with Gasteiger partial charge in [0.1, 0.15) is 5.82 Å². The van der Waals surface area contributed by atoms with Crippen LogP contribution >= 0.6 is 11.3 Å². The number of hydrogen-bond donors (Lipinski definition) is 3. The molecule has 3 rings (SSSR count). The van der Waals surface area contributed by atoms with Crippen molar-refractivity contribution in [3.05, 3.63) is 46.2 Å². The van der Waals surface area contributed by atoms with Crippen LogP contribution < -0.4 is 10.6 Å². The van der Waals surface area contributed by atoms with Gasteiger partial charge in [-0.05, 0) is 19.1 Å². The molecule has 0 aliphatic carbocycles. The van der Waals surface area contributed by atoms with Crippen LogP contribution in [0.1, 0.15) is 16.5 Å². The van der Waals surface area contributed by atoms with Gasteiger partial charge in [-0.2, -0.15) is 0 Å². The number of nitrogens with one attached hydrogen (secondary N) is 3. The van der Waals surface area contributed by atoms with Crippen LogP contribution in [0.4, 0.5) is 0 Å². The van der Waals surface area contributed by atoms with Gasteiger partial charge in [-0.1, -0.05) is 12.1 Å². The Bertz CT molecular complexity index is 786. The van der Waals surface area contributed by atoms with E-state index in [0.717, 1.165) is 59.5 Å². The Labute approximate surface area is 145 Å². The summed E-state index contributed by atoms with van der Waals surface area (Å²) < 4.78 is 0. The molecule has 2 aromatic heterocycles. The summed E-state index contributed by atoms with van der Waals surface area (Å²) in [6.07, 6.45) is 1.72. The number of rotatable bonds is 6. The van der Waals surface area contributed by atoms with Crippen molar-refractivity contribution in [2.24, 2.45) is 4.99 Å². The van der Waals surface area contributed by atoms with Crippen molar-refractivity contribution < 1.29 is 0 Å². The Balaban J connectivity index is 1.42. The summed E-state index contributed by atoms with van der Waals surface area (Å²) >= 11 is 1.69. The third kappa shape index (κ3) is 4.32. The van der Waals surface area contributed by atoms with Gasteiger partial charge >= 0.3 is 0 Å². The number of nitrogens with zero attached hydrogens (tertiary/aromatic N) is 3. The van der Waals surface area contributed by atoms with Gasteiger partial charge in [-0.3, -0.25) is 4.99 Å². The normalized spacial score (nSPS) is 11.8. The van der Waals surface area contributed by atoms with E-state index in [1.807, 2.05) is 31.2 Å². The van der Waals surface area contributed by atoms with Crippen LogP contribution in [0.25, 0.3) is 11.0 Å². The van der Waals surface area contributed by atoms with E-state index in [-0.39, 0.29) is 0 Å². The number of H-pyrrole nitrogens is 1. The molecular formula is C17H22N6S. The molecule has 0 bridgehead atoms. The van der Waals surface area contributed by atoms with Crippen LogP contribution in [-0.2, 0) is 12.8 Å². The molecule has 0 fully saturated rings. The summed E-state index contributed by atoms with van der Waals surface area (Å²) in [5.74, 6) is 1.79. The van der Waals surface area contributed by atoms with Crippen molar-refractivity contribution in [3.63, 3.8) is 0 Å². The third-order valence-electron chi connectivity index (χ3n) is 3.66. The molecule has 0 spiro atoms. The molecule has 6 nitrogen and oxygen atoms in total. The van der Waals surface area contributed by atoms with Gasteiger partial charge in [0.25, 0.3) is 0 Å². The lowest BCUT2D eigenvalue weighted by atomic mass is 10.3. The lowest BCUT2D eigenvalue weighted by molar-refractivity contribution is 0.765. The van der Waals surface area contributed by atoms with E-state index < -0.39 is 0 Å². The Kier molecular flexibility index (Phi) is 5.43. The maximum atomic E-state index is 4.58. The first-order valence-corrected chi connectivity index (χ1v) is 8.91. The number of fused-ring (bicyclic) bond motifs is 1. The molecule has 7 heteroatoms. The van der Waals surface area contributed by atoms with Crippen molar-refractivity contribution in [2.75, 3.05) is 20.1 Å². The van der Waals surface area contributed by atoms with Crippen LogP contribution in [-0.4, -0.2) is 41.0 Å².